The summed E-state index contributed by atoms with van der Waals surface area (Å²) >= 11 is 1.55. The van der Waals surface area contributed by atoms with Gasteiger partial charge >= 0.3 is 0 Å². The second kappa shape index (κ2) is 9.48. The molecule has 2 aromatic carbocycles. The normalized spacial score (nSPS) is 10.8. The van der Waals surface area contributed by atoms with E-state index in [1.54, 1.807) is 23.5 Å². The number of rotatable bonds is 9. The molecule has 0 unspecified atom stereocenters. The van der Waals surface area contributed by atoms with Gasteiger partial charge in [0.25, 0.3) is 0 Å². The minimum atomic E-state index is -0.229. The number of unbranched alkanes of at least 4 members (excludes halogenated alkanes) is 4. The van der Waals surface area contributed by atoms with Gasteiger partial charge in [0.2, 0.25) is 0 Å². The van der Waals surface area contributed by atoms with Crippen LogP contribution in [0.15, 0.2) is 53.9 Å². The van der Waals surface area contributed by atoms with Crippen LogP contribution in [0.2, 0.25) is 0 Å². The van der Waals surface area contributed by atoms with Crippen LogP contribution in [-0.4, -0.2) is 4.98 Å². The summed E-state index contributed by atoms with van der Waals surface area (Å²) in [6.07, 6.45) is 7.71. The second-order valence-corrected chi connectivity index (χ2v) is 7.39. The zero-order chi connectivity index (χ0) is 18.2. The van der Waals surface area contributed by atoms with Gasteiger partial charge in [-0.25, -0.2) is 9.37 Å². The summed E-state index contributed by atoms with van der Waals surface area (Å²) in [5.41, 5.74) is 4.22. The van der Waals surface area contributed by atoms with Crippen LogP contribution in [0.4, 0.5) is 15.2 Å². The lowest BCUT2D eigenvalue weighted by Crippen LogP contribution is -1.91. The van der Waals surface area contributed by atoms with E-state index in [-0.39, 0.29) is 5.82 Å². The molecule has 1 heterocycles. The Hall–Kier alpha value is -2.20. The molecule has 0 bridgehead atoms. The summed E-state index contributed by atoms with van der Waals surface area (Å²) in [5.74, 6) is -0.229. The lowest BCUT2D eigenvalue weighted by molar-refractivity contribution is 0.628. The molecule has 0 saturated heterocycles. The van der Waals surface area contributed by atoms with E-state index >= 15 is 0 Å². The molecule has 26 heavy (non-hydrogen) atoms. The fourth-order valence-electron chi connectivity index (χ4n) is 2.90. The van der Waals surface area contributed by atoms with Crippen molar-refractivity contribution < 1.29 is 4.39 Å². The second-order valence-electron chi connectivity index (χ2n) is 6.53. The van der Waals surface area contributed by atoms with Gasteiger partial charge in [0.15, 0.2) is 5.13 Å². The van der Waals surface area contributed by atoms with Crippen molar-refractivity contribution >= 4 is 22.2 Å². The number of aryl methyl sites for hydroxylation is 1. The highest BCUT2D eigenvalue weighted by molar-refractivity contribution is 7.14. The zero-order valence-corrected chi connectivity index (χ0v) is 16.0. The smallest absolute Gasteiger partial charge is 0.187 e. The number of aromatic nitrogens is 1. The fraction of sp³-hybridized carbons (Fsp3) is 0.318. The number of nitrogens with zero attached hydrogens (tertiary/aromatic N) is 1. The quantitative estimate of drug-likeness (QED) is 0.404. The Morgan fingerprint density at radius 2 is 1.65 bits per heavy atom. The molecule has 0 aliphatic heterocycles. The van der Waals surface area contributed by atoms with Gasteiger partial charge in [0.1, 0.15) is 5.82 Å². The van der Waals surface area contributed by atoms with Gasteiger partial charge < -0.3 is 5.32 Å². The van der Waals surface area contributed by atoms with Gasteiger partial charge in [0.05, 0.1) is 5.69 Å². The van der Waals surface area contributed by atoms with Crippen molar-refractivity contribution in [1.82, 2.24) is 4.98 Å². The average molecular weight is 369 g/mol. The molecule has 1 aromatic heterocycles. The van der Waals surface area contributed by atoms with E-state index in [4.69, 9.17) is 0 Å². The van der Waals surface area contributed by atoms with Crippen molar-refractivity contribution in [2.45, 2.75) is 45.4 Å². The fourth-order valence-corrected chi connectivity index (χ4v) is 3.64. The van der Waals surface area contributed by atoms with E-state index in [9.17, 15) is 4.39 Å². The number of benzene rings is 2. The van der Waals surface area contributed by atoms with E-state index in [0.29, 0.717) is 0 Å². The Balaban J connectivity index is 1.53. The summed E-state index contributed by atoms with van der Waals surface area (Å²) in [5, 5.41) is 6.18. The van der Waals surface area contributed by atoms with Crippen molar-refractivity contribution in [3.05, 3.63) is 65.3 Å². The van der Waals surface area contributed by atoms with Crippen LogP contribution in [0.3, 0.4) is 0 Å². The summed E-state index contributed by atoms with van der Waals surface area (Å²) in [4.78, 5) is 4.59. The highest BCUT2D eigenvalue weighted by Crippen LogP contribution is 2.27. The summed E-state index contributed by atoms with van der Waals surface area (Å²) in [6.45, 7) is 2.25. The Morgan fingerprint density at radius 3 is 2.38 bits per heavy atom. The molecular weight excluding hydrogens is 343 g/mol. The van der Waals surface area contributed by atoms with Crippen molar-refractivity contribution in [3.8, 4) is 11.3 Å². The first kappa shape index (κ1) is 18.6. The lowest BCUT2D eigenvalue weighted by Gasteiger charge is -2.05. The van der Waals surface area contributed by atoms with Crippen LogP contribution in [0.1, 0.15) is 44.6 Å². The largest absolute Gasteiger partial charge is 0.332 e. The van der Waals surface area contributed by atoms with Crippen LogP contribution in [0.5, 0.6) is 0 Å². The minimum absolute atomic E-state index is 0.229. The Labute approximate surface area is 159 Å². The summed E-state index contributed by atoms with van der Waals surface area (Å²) in [6, 6.07) is 15.0. The molecule has 0 amide bonds. The SMILES string of the molecule is CCCCCCCc1ccc(Nc2nc(-c3ccc(F)cc3)cs2)cc1. The molecule has 0 aliphatic carbocycles. The van der Waals surface area contributed by atoms with E-state index in [0.717, 1.165) is 28.5 Å². The molecule has 0 spiro atoms. The van der Waals surface area contributed by atoms with Gasteiger partial charge in [-0.15, -0.1) is 11.3 Å². The first-order valence-corrected chi connectivity index (χ1v) is 10.2. The van der Waals surface area contributed by atoms with Crippen molar-refractivity contribution in [2.24, 2.45) is 0 Å². The number of anilines is 2. The highest BCUT2D eigenvalue weighted by atomic mass is 32.1. The van der Waals surface area contributed by atoms with Crippen molar-refractivity contribution in [2.75, 3.05) is 5.32 Å². The number of hydrogen-bond acceptors (Lipinski definition) is 3. The molecule has 4 heteroatoms. The van der Waals surface area contributed by atoms with Crippen LogP contribution < -0.4 is 5.32 Å². The number of halogens is 1. The molecule has 0 atom stereocenters. The molecule has 3 aromatic rings. The third-order valence-corrected chi connectivity index (χ3v) is 5.18. The van der Waals surface area contributed by atoms with Gasteiger partial charge in [-0.2, -0.15) is 0 Å². The monoisotopic (exact) mass is 368 g/mol. The van der Waals surface area contributed by atoms with Crippen LogP contribution in [-0.2, 0) is 6.42 Å². The van der Waals surface area contributed by atoms with Crippen molar-refractivity contribution in [1.29, 1.82) is 0 Å². The molecule has 0 aliphatic rings. The van der Waals surface area contributed by atoms with E-state index < -0.39 is 0 Å². The summed E-state index contributed by atoms with van der Waals surface area (Å²) in [7, 11) is 0. The first-order chi connectivity index (χ1) is 12.7. The topological polar surface area (TPSA) is 24.9 Å². The zero-order valence-electron chi connectivity index (χ0n) is 15.2. The van der Waals surface area contributed by atoms with Gasteiger partial charge in [-0.1, -0.05) is 44.7 Å². The van der Waals surface area contributed by atoms with Crippen molar-refractivity contribution in [3.63, 3.8) is 0 Å². The maximum Gasteiger partial charge on any atom is 0.187 e. The number of thiazole rings is 1. The number of nitrogens with one attached hydrogen (secondary N) is 1. The highest BCUT2D eigenvalue weighted by Gasteiger charge is 2.05. The molecular formula is C22H25FN2S. The van der Waals surface area contributed by atoms with E-state index in [1.165, 1.54) is 49.8 Å². The van der Waals surface area contributed by atoms with Gasteiger partial charge in [-0.3, -0.25) is 0 Å². The molecule has 1 N–H and O–H groups in total. The summed E-state index contributed by atoms with van der Waals surface area (Å²) < 4.78 is 13.0. The van der Waals surface area contributed by atoms with Gasteiger partial charge in [-0.05, 0) is 54.8 Å². The maximum atomic E-state index is 13.0. The Morgan fingerprint density at radius 1 is 0.923 bits per heavy atom. The predicted octanol–water partition coefficient (Wildman–Crippen LogP) is 7.21. The molecule has 0 saturated carbocycles. The Bertz CT molecular complexity index is 794. The Kier molecular flexibility index (Phi) is 6.78. The van der Waals surface area contributed by atoms with Gasteiger partial charge in [0, 0.05) is 16.6 Å². The van der Waals surface area contributed by atoms with E-state index in [2.05, 4.69) is 41.5 Å². The third kappa shape index (κ3) is 5.40. The third-order valence-electron chi connectivity index (χ3n) is 4.42. The molecule has 3 rings (SSSR count). The molecule has 0 radical (unpaired) electrons. The van der Waals surface area contributed by atoms with Crippen LogP contribution in [0, 0.1) is 5.82 Å². The predicted molar refractivity (Wildman–Crippen MR) is 110 cm³/mol. The minimum Gasteiger partial charge on any atom is -0.332 e. The lowest BCUT2D eigenvalue weighted by atomic mass is 10.1. The molecule has 2 nitrogen and oxygen atoms in total. The standard InChI is InChI=1S/C22H25FN2S/c1-2-3-4-5-6-7-17-8-14-20(15-9-17)24-22-25-21(16-26-22)18-10-12-19(23)13-11-18/h8-16H,2-7H2,1H3,(H,24,25). The van der Waals surface area contributed by atoms with Crippen LogP contribution in [0.25, 0.3) is 11.3 Å². The molecule has 136 valence electrons. The molecule has 0 fully saturated rings. The average Bonchev–Trinajstić information content (AvgIpc) is 3.12. The maximum absolute atomic E-state index is 13.0. The van der Waals surface area contributed by atoms with E-state index in [1.807, 2.05) is 5.38 Å². The number of hydrogen-bond donors (Lipinski definition) is 1. The first-order valence-electron chi connectivity index (χ1n) is 9.32. The van der Waals surface area contributed by atoms with Crippen LogP contribution >= 0.6 is 11.3 Å².